The summed E-state index contributed by atoms with van der Waals surface area (Å²) in [5, 5.41) is 20.7. The molecule has 190 valence electrons. The zero-order chi connectivity index (χ0) is 25.1. The van der Waals surface area contributed by atoms with Gasteiger partial charge in [-0.3, -0.25) is 9.48 Å². The minimum absolute atomic E-state index is 0.159. The summed E-state index contributed by atoms with van der Waals surface area (Å²) < 4.78 is 7.59. The Bertz CT molecular complexity index is 1250. The maximum Gasteiger partial charge on any atom is 0.326 e. The Morgan fingerprint density at radius 2 is 2.14 bits per heavy atom. The molecule has 3 N–H and O–H groups in total. The quantitative estimate of drug-likeness (QED) is 0.398. The Balaban J connectivity index is 1.03. The number of anilines is 1. The normalized spacial score (nSPS) is 19.7. The van der Waals surface area contributed by atoms with Crippen molar-refractivity contribution in [2.45, 2.75) is 57.1 Å². The van der Waals surface area contributed by atoms with Crippen LogP contribution in [0.4, 0.5) is 5.82 Å². The Hall–Kier alpha value is -3.46. The van der Waals surface area contributed by atoms with E-state index in [-0.39, 0.29) is 12.5 Å². The minimum atomic E-state index is -1.06. The Labute approximate surface area is 210 Å². The number of pyridine rings is 1. The summed E-state index contributed by atoms with van der Waals surface area (Å²) in [7, 11) is 1.81. The van der Waals surface area contributed by atoms with E-state index in [1.54, 1.807) is 22.9 Å². The molecule has 1 atom stereocenters. The van der Waals surface area contributed by atoms with Gasteiger partial charge in [0.1, 0.15) is 11.9 Å². The first-order valence-electron chi connectivity index (χ1n) is 12.8. The van der Waals surface area contributed by atoms with Crippen molar-refractivity contribution in [3.63, 3.8) is 0 Å². The molecule has 3 heterocycles. The van der Waals surface area contributed by atoms with E-state index in [2.05, 4.69) is 27.9 Å². The summed E-state index contributed by atoms with van der Waals surface area (Å²) in [5.41, 5.74) is 3.64. The van der Waals surface area contributed by atoms with Crippen molar-refractivity contribution in [2.24, 2.45) is 13.0 Å². The van der Waals surface area contributed by atoms with Crippen LogP contribution in [0.1, 0.15) is 53.7 Å². The third-order valence-electron chi connectivity index (χ3n) is 7.20. The molecule has 9 heteroatoms. The number of aryl methyl sites for hydroxylation is 3. The number of ether oxygens (including phenoxy) is 1. The van der Waals surface area contributed by atoms with Crippen molar-refractivity contribution in [2.75, 3.05) is 18.5 Å². The zero-order valence-corrected chi connectivity index (χ0v) is 20.6. The summed E-state index contributed by atoms with van der Waals surface area (Å²) in [6, 6.07) is 8.48. The van der Waals surface area contributed by atoms with Gasteiger partial charge in [0.05, 0.1) is 11.6 Å². The molecule has 0 saturated heterocycles. The number of carboxylic acid groups (broad SMARTS) is 1. The largest absolute Gasteiger partial charge is 0.480 e. The highest BCUT2D eigenvalue weighted by molar-refractivity contribution is 5.99. The summed E-state index contributed by atoms with van der Waals surface area (Å²) in [6.45, 7) is 1.30. The van der Waals surface area contributed by atoms with Gasteiger partial charge in [-0.25, -0.2) is 9.78 Å². The summed E-state index contributed by atoms with van der Waals surface area (Å²) in [5.74, 6) is 0.181. The van der Waals surface area contributed by atoms with Gasteiger partial charge in [0.25, 0.3) is 5.91 Å². The highest BCUT2D eigenvalue weighted by atomic mass is 16.5. The third kappa shape index (κ3) is 5.67. The highest BCUT2D eigenvalue weighted by Crippen LogP contribution is 2.34. The second kappa shape index (κ2) is 10.7. The number of nitrogens with one attached hydrogen (secondary N) is 2. The average molecular weight is 492 g/mol. The van der Waals surface area contributed by atoms with E-state index in [1.807, 2.05) is 13.2 Å². The lowest BCUT2D eigenvalue weighted by atomic mass is 9.79. The standard InChI is InChI=1S/C27H33N5O4/c1-32-16-20-15-19(6-9-23(20)31-32)26(33)30-24(27(34)35)10-12-36-22-13-17(14-22)4-7-21-8-5-18-3-2-11-28-25(18)29-21/h5-6,8-9,15-17,22,24H,2-4,7,10-14H2,1H3,(H,28,29)(H,30,33)(H,34,35)/t17-,22-,24?. The molecule has 1 unspecified atom stereocenters. The van der Waals surface area contributed by atoms with Gasteiger partial charge in [0, 0.05) is 49.5 Å². The molecule has 1 aliphatic carbocycles. The SMILES string of the molecule is Cn1cc2cc(C(=O)NC(CCO[C@H]3C[C@H](CCc4ccc5c(n4)NCCC5)C3)C(=O)O)ccc2n1. The second-order valence-corrected chi connectivity index (χ2v) is 9.94. The molecule has 36 heavy (non-hydrogen) atoms. The third-order valence-corrected chi connectivity index (χ3v) is 7.20. The van der Waals surface area contributed by atoms with Gasteiger partial charge in [-0.1, -0.05) is 6.07 Å². The first kappa shape index (κ1) is 24.2. The lowest BCUT2D eigenvalue weighted by Gasteiger charge is -2.35. The van der Waals surface area contributed by atoms with Crippen LogP contribution in [-0.2, 0) is 29.4 Å². The fourth-order valence-electron chi connectivity index (χ4n) is 5.05. The van der Waals surface area contributed by atoms with Crippen LogP contribution < -0.4 is 10.6 Å². The van der Waals surface area contributed by atoms with Crippen LogP contribution in [0.3, 0.4) is 0 Å². The van der Waals surface area contributed by atoms with E-state index >= 15 is 0 Å². The van der Waals surface area contributed by atoms with Crippen molar-refractivity contribution in [1.29, 1.82) is 0 Å². The van der Waals surface area contributed by atoms with Crippen LogP contribution in [0.5, 0.6) is 0 Å². The number of carbonyl (C=O) groups excluding carboxylic acids is 1. The number of carbonyl (C=O) groups is 2. The minimum Gasteiger partial charge on any atom is -0.480 e. The fourth-order valence-corrected chi connectivity index (χ4v) is 5.05. The van der Waals surface area contributed by atoms with E-state index in [9.17, 15) is 14.7 Å². The first-order chi connectivity index (χ1) is 17.4. The Morgan fingerprint density at radius 3 is 2.97 bits per heavy atom. The van der Waals surface area contributed by atoms with Crippen LogP contribution in [0.15, 0.2) is 36.5 Å². The molecule has 1 aromatic carbocycles. The van der Waals surface area contributed by atoms with Crippen molar-refractivity contribution in [1.82, 2.24) is 20.1 Å². The van der Waals surface area contributed by atoms with E-state index in [0.717, 1.165) is 61.1 Å². The second-order valence-electron chi connectivity index (χ2n) is 9.94. The Kier molecular flexibility index (Phi) is 7.18. The van der Waals surface area contributed by atoms with E-state index in [4.69, 9.17) is 9.72 Å². The van der Waals surface area contributed by atoms with Gasteiger partial charge in [-0.05, 0) is 74.3 Å². The number of amides is 1. The summed E-state index contributed by atoms with van der Waals surface area (Å²) >= 11 is 0. The monoisotopic (exact) mass is 491 g/mol. The number of nitrogens with zero attached hydrogens (tertiary/aromatic N) is 3. The molecular formula is C27H33N5O4. The van der Waals surface area contributed by atoms with Crippen LogP contribution in [0.25, 0.3) is 10.9 Å². The van der Waals surface area contributed by atoms with Gasteiger partial charge < -0.3 is 20.5 Å². The molecule has 3 aromatic rings. The molecule has 1 amide bonds. The Morgan fingerprint density at radius 1 is 1.28 bits per heavy atom. The maximum atomic E-state index is 12.6. The lowest BCUT2D eigenvalue weighted by molar-refractivity contribution is -0.140. The average Bonchev–Trinajstić information content (AvgIpc) is 3.22. The fraction of sp³-hybridized carbons (Fsp3) is 0.481. The van der Waals surface area contributed by atoms with Gasteiger partial charge >= 0.3 is 5.97 Å². The molecule has 2 aliphatic rings. The molecule has 1 fully saturated rings. The maximum absolute atomic E-state index is 12.6. The van der Waals surface area contributed by atoms with Crippen molar-refractivity contribution in [3.05, 3.63) is 53.3 Å². The van der Waals surface area contributed by atoms with Gasteiger partial charge in [-0.2, -0.15) is 5.10 Å². The molecule has 0 spiro atoms. The topological polar surface area (TPSA) is 118 Å². The summed E-state index contributed by atoms with van der Waals surface area (Å²) in [6.07, 6.45) is 8.49. The smallest absolute Gasteiger partial charge is 0.326 e. The van der Waals surface area contributed by atoms with Crippen LogP contribution in [0.2, 0.25) is 0 Å². The molecule has 1 aliphatic heterocycles. The number of aliphatic carboxylic acids is 1. The molecule has 9 nitrogen and oxygen atoms in total. The number of rotatable bonds is 10. The number of benzene rings is 1. The highest BCUT2D eigenvalue weighted by Gasteiger charge is 2.30. The van der Waals surface area contributed by atoms with E-state index < -0.39 is 17.9 Å². The molecule has 5 rings (SSSR count). The molecule has 2 aromatic heterocycles. The predicted octanol–water partition coefficient (Wildman–Crippen LogP) is 3.33. The van der Waals surface area contributed by atoms with Crippen molar-refractivity contribution < 1.29 is 19.4 Å². The van der Waals surface area contributed by atoms with Gasteiger partial charge in [0.2, 0.25) is 0 Å². The molecule has 0 bridgehead atoms. The number of carboxylic acids is 1. The molecule has 1 saturated carbocycles. The zero-order valence-electron chi connectivity index (χ0n) is 20.6. The number of fused-ring (bicyclic) bond motifs is 2. The van der Waals surface area contributed by atoms with Gasteiger partial charge in [0.15, 0.2) is 0 Å². The van der Waals surface area contributed by atoms with Crippen LogP contribution in [-0.4, -0.2) is 57.0 Å². The van der Waals surface area contributed by atoms with Crippen LogP contribution in [0, 0.1) is 5.92 Å². The van der Waals surface area contributed by atoms with Crippen molar-refractivity contribution >= 4 is 28.6 Å². The molecule has 0 radical (unpaired) electrons. The van der Waals surface area contributed by atoms with E-state index in [0.29, 0.717) is 18.1 Å². The van der Waals surface area contributed by atoms with Gasteiger partial charge in [-0.15, -0.1) is 0 Å². The van der Waals surface area contributed by atoms with Crippen molar-refractivity contribution in [3.8, 4) is 0 Å². The van der Waals surface area contributed by atoms with E-state index in [1.165, 1.54) is 12.0 Å². The predicted molar refractivity (Wildman–Crippen MR) is 136 cm³/mol. The van der Waals surface area contributed by atoms with Crippen LogP contribution >= 0.6 is 0 Å². The molecular weight excluding hydrogens is 458 g/mol. The number of hydrogen-bond acceptors (Lipinski definition) is 6. The first-order valence-corrected chi connectivity index (χ1v) is 12.8. The summed E-state index contributed by atoms with van der Waals surface area (Å²) in [4.78, 5) is 29.1. The number of aromatic nitrogens is 3. The lowest BCUT2D eigenvalue weighted by Crippen LogP contribution is -2.42. The number of hydrogen-bond donors (Lipinski definition) is 3.